The summed E-state index contributed by atoms with van der Waals surface area (Å²) in [6, 6.07) is 14.5. The second-order valence-corrected chi connectivity index (χ2v) is 6.81. The molecule has 0 saturated carbocycles. The van der Waals surface area contributed by atoms with Gasteiger partial charge in [0.2, 0.25) is 0 Å². The molecule has 0 aliphatic carbocycles. The van der Waals surface area contributed by atoms with Crippen LogP contribution in [0.15, 0.2) is 42.5 Å². The van der Waals surface area contributed by atoms with Crippen LogP contribution in [0.2, 0.25) is 5.02 Å². The molecule has 2 aromatic carbocycles. The molecule has 0 radical (unpaired) electrons. The van der Waals surface area contributed by atoms with Gasteiger partial charge in [-0.1, -0.05) is 35.9 Å². The van der Waals surface area contributed by atoms with Gasteiger partial charge in [-0.2, -0.15) is 5.10 Å². The SMILES string of the molecule is Cc1ccc(-n2nc(Cc3ccccc3Cl)c3c2NCC3)cc1C. The van der Waals surface area contributed by atoms with E-state index < -0.39 is 0 Å². The molecule has 0 bridgehead atoms. The van der Waals surface area contributed by atoms with Crippen LogP contribution in [0.1, 0.15) is 27.9 Å². The van der Waals surface area contributed by atoms with Crippen LogP contribution in [0, 0.1) is 13.8 Å². The second kappa shape index (κ2) is 5.99. The van der Waals surface area contributed by atoms with Crippen LogP contribution in [-0.4, -0.2) is 16.3 Å². The smallest absolute Gasteiger partial charge is 0.133 e. The van der Waals surface area contributed by atoms with E-state index in [1.165, 1.54) is 16.7 Å². The van der Waals surface area contributed by atoms with Crippen molar-refractivity contribution >= 4 is 17.4 Å². The Balaban J connectivity index is 1.77. The molecule has 1 aliphatic rings. The highest BCUT2D eigenvalue weighted by Crippen LogP contribution is 2.31. The molecule has 1 N–H and O–H groups in total. The molecular formula is C20H20ClN3. The summed E-state index contributed by atoms with van der Waals surface area (Å²) in [7, 11) is 0. The molecule has 3 nitrogen and oxygen atoms in total. The van der Waals surface area contributed by atoms with E-state index in [-0.39, 0.29) is 0 Å². The van der Waals surface area contributed by atoms with Gasteiger partial charge >= 0.3 is 0 Å². The van der Waals surface area contributed by atoms with Crippen molar-refractivity contribution in [3.8, 4) is 5.69 Å². The number of hydrogen-bond acceptors (Lipinski definition) is 2. The Hall–Kier alpha value is -2.26. The van der Waals surface area contributed by atoms with Crippen molar-refractivity contribution in [3.05, 3.63) is 75.4 Å². The Morgan fingerprint density at radius 3 is 2.75 bits per heavy atom. The molecule has 0 saturated heterocycles. The van der Waals surface area contributed by atoms with E-state index in [2.05, 4.69) is 43.4 Å². The number of hydrogen-bond donors (Lipinski definition) is 1. The van der Waals surface area contributed by atoms with Gasteiger partial charge in [-0.25, -0.2) is 4.68 Å². The van der Waals surface area contributed by atoms with Gasteiger partial charge in [0.1, 0.15) is 5.82 Å². The van der Waals surface area contributed by atoms with Crippen LogP contribution in [0.5, 0.6) is 0 Å². The van der Waals surface area contributed by atoms with Crippen LogP contribution in [0.4, 0.5) is 5.82 Å². The van der Waals surface area contributed by atoms with E-state index in [0.29, 0.717) is 0 Å². The molecule has 4 rings (SSSR count). The lowest BCUT2D eigenvalue weighted by molar-refractivity contribution is 0.838. The average molecular weight is 338 g/mol. The molecule has 1 aromatic heterocycles. The van der Waals surface area contributed by atoms with Crippen LogP contribution in [0.25, 0.3) is 5.69 Å². The Bertz CT molecular complexity index is 911. The fraction of sp³-hybridized carbons (Fsp3) is 0.250. The standard InChI is InChI=1S/C20H20ClN3/c1-13-7-8-16(11-14(13)2)24-20-17(9-10-22-20)19(23-24)12-15-5-3-4-6-18(15)21/h3-8,11,22H,9-10,12H2,1-2H3. The van der Waals surface area contributed by atoms with Crippen molar-refractivity contribution in [1.82, 2.24) is 9.78 Å². The quantitative estimate of drug-likeness (QED) is 0.750. The number of nitrogens with one attached hydrogen (secondary N) is 1. The molecule has 0 unspecified atom stereocenters. The predicted molar refractivity (Wildman–Crippen MR) is 99.5 cm³/mol. The monoisotopic (exact) mass is 337 g/mol. The highest BCUT2D eigenvalue weighted by molar-refractivity contribution is 6.31. The van der Waals surface area contributed by atoms with E-state index >= 15 is 0 Å². The van der Waals surface area contributed by atoms with Gasteiger partial charge in [0.25, 0.3) is 0 Å². The first-order chi connectivity index (χ1) is 11.6. The van der Waals surface area contributed by atoms with Crippen LogP contribution >= 0.6 is 11.6 Å². The minimum atomic E-state index is 0.765. The topological polar surface area (TPSA) is 29.9 Å². The number of anilines is 1. The third-order valence-corrected chi connectivity index (χ3v) is 5.15. The van der Waals surface area contributed by atoms with Gasteiger partial charge in [0.15, 0.2) is 0 Å². The van der Waals surface area contributed by atoms with Crippen LogP contribution < -0.4 is 5.32 Å². The Morgan fingerprint density at radius 1 is 1.12 bits per heavy atom. The molecule has 1 aliphatic heterocycles. The maximum absolute atomic E-state index is 6.34. The lowest BCUT2D eigenvalue weighted by atomic mass is 10.1. The van der Waals surface area contributed by atoms with Gasteiger partial charge in [-0.3, -0.25) is 0 Å². The summed E-state index contributed by atoms with van der Waals surface area (Å²) in [6.45, 7) is 5.24. The van der Waals surface area contributed by atoms with Gasteiger partial charge in [-0.05, 0) is 55.2 Å². The number of aryl methyl sites for hydroxylation is 2. The van der Waals surface area contributed by atoms with Crippen LogP contribution in [0.3, 0.4) is 0 Å². The van der Waals surface area contributed by atoms with Crippen molar-refractivity contribution in [2.75, 3.05) is 11.9 Å². The molecule has 3 aromatic rings. The zero-order valence-corrected chi connectivity index (χ0v) is 14.7. The third kappa shape index (κ3) is 2.59. The van der Waals surface area contributed by atoms with Crippen molar-refractivity contribution in [2.45, 2.75) is 26.7 Å². The summed E-state index contributed by atoms with van der Waals surface area (Å²) in [5.41, 5.74) is 7.23. The molecule has 0 amide bonds. The van der Waals surface area contributed by atoms with Crippen molar-refractivity contribution in [3.63, 3.8) is 0 Å². The fourth-order valence-electron chi connectivity index (χ4n) is 3.25. The van der Waals surface area contributed by atoms with Crippen molar-refractivity contribution in [2.24, 2.45) is 0 Å². The molecule has 2 heterocycles. The molecule has 0 spiro atoms. The summed E-state index contributed by atoms with van der Waals surface area (Å²) in [5.74, 6) is 1.13. The number of fused-ring (bicyclic) bond motifs is 1. The van der Waals surface area contributed by atoms with Gasteiger partial charge in [0.05, 0.1) is 11.4 Å². The minimum absolute atomic E-state index is 0.765. The zero-order valence-electron chi connectivity index (χ0n) is 13.9. The maximum atomic E-state index is 6.34. The van der Waals surface area contributed by atoms with Gasteiger partial charge in [0, 0.05) is 23.6 Å². The van der Waals surface area contributed by atoms with E-state index in [0.717, 1.165) is 47.2 Å². The number of rotatable bonds is 3. The first-order valence-electron chi connectivity index (χ1n) is 8.29. The number of aromatic nitrogens is 2. The zero-order chi connectivity index (χ0) is 16.7. The highest BCUT2D eigenvalue weighted by atomic mass is 35.5. The molecule has 24 heavy (non-hydrogen) atoms. The first-order valence-corrected chi connectivity index (χ1v) is 8.67. The number of halogens is 1. The van der Waals surface area contributed by atoms with E-state index in [1.807, 2.05) is 22.9 Å². The van der Waals surface area contributed by atoms with Crippen LogP contribution in [-0.2, 0) is 12.8 Å². The number of nitrogens with zero attached hydrogens (tertiary/aromatic N) is 2. The van der Waals surface area contributed by atoms with Crippen molar-refractivity contribution in [1.29, 1.82) is 0 Å². The largest absolute Gasteiger partial charge is 0.369 e. The molecular weight excluding hydrogens is 318 g/mol. The first kappa shape index (κ1) is 15.3. The summed E-state index contributed by atoms with van der Waals surface area (Å²) in [4.78, 5) is 0. The van der Waals surface area contributed by atoms with Gasteiger partial charge < -0.3 is 5.32 Å². The Morgan fingerprint density at radius 2 is 1.96 bits per heavy atom. The normalized spacial score (nSPS) is 13.0. The summed E-state index contributed by atoms with van der Waals surface area (Å²) >= 11 is 6.34. The second-order valence-electron chi connectivity index (χ2n) is 6.40. The summed E-state index contributed by atoms with van der Waals surface area (Å²) < 4.78 is 2.04. The summed E-state index contributed by atoms with van der Waals surface area (Å²) in [6.07, 6.45) is 1.78. The van der Waals surface area contributed by atoms with Gasteiger partial charge in [-0.15, -0.1) is 0 Å². The average Bonchev–Trinajstić information content (AvgIpc) is 3.16. The Kier molecular flexibility index (Phi) is 3.81. The molecule has 0 atom stereocenters. The third-order valence-electron chi connectivity index (χ3n) is 4.78. The van der Waals surface area contributed by atoms with E-state index in [9.17, 15) is 0 Å². The lowest BCUT2D eigenvalue weighted by Crippen LogP contribution is -2.05. The molecule has 0 fully saturated rings. The highest BCUT2D eigenvalue weighted by Gasteiger charge is 2.23. The number of benzene rings is 2. The van der Waals surface area contributed by atoms with Crippen molar-refractivity contribution < 1.29 is 0 Å². The fourth-order valence-corrected chi connectivity index (χ4v) is 3.46. The van der Waals surface area contributed by atoms with E-state index in [1.54, 1.807) is 0 Å². The summed E-state index contributed by atoms with van der Waals surface area (Å²) in [5, 5.41) is 9.20. The van der Waals surface area contributed by atoms with E-state index in [4.69, 9.17) is 16.7 Å². The lowest BCUT2D eigenvalue weighted by Gasteiger charge is -2.09. The predicted octanol–water partition coefficient (Wildman–Crippen LogP) is 4.70. The molecule has 4 heteroatoms. The maximum Gasteiger partial charge on any atom is 0.133 e. The molecule has 122 valence electrons. The minimum Gasteiger partial charge on any atom is -0.369 e. The Labute approximate surface area is 147 Å².